The molecule has 3 amide bonds. The zero-order valence-corrected chi connectivity index (χ0v) is 34.0. The fraction of sp³-hybridized carbons (Fsp3) is 0.400. The molecule has 0 aliphatic carbocycles. The largest absolute Gasteiger partial charge is 0.495 e. The van der Waals surface area contributed by atoms with Crippen LogP contribution in [-0.4, -0.2) is 127 Å². The number of carbonyl (C=O) groups is 2. The van der Waals surface area contributed by atoms with Crippen molar-refractivity contribution in [2.24, 2.45) is 0 Å². The number of ether oxygens (including phenoxy) is 5. The van der Waals surface area contributed by atoms with E-state index in [9.17, 15) is 9.59 Å². The first-order valence-corrected chi connectivity index (χ1v) is 19.4. The molecule has 5 rings (SSSR count). The first kappa shape index (κ1) is 43.2. The molecule has 1 fully saturated rings. The number of methoxy groups -OCH3 is 2. The number of hydrogen-bond donors (Lipinski definition) is 3. The molecule has 17 heteroatoms. The van der Waals surface area contributed by atoms with Gasteiger partial charge in [0.15, 0.2) is 0 Å². The van der Waals surface area contributed by atoms with Crippen LogP contribution in [0, 0.1) is 0 Å². The monoisotopic (exact) mass is 824 g/mol. The van der Waals surface area contributed by atoms with E-state index in [4.69, 9.17) is 46.9 Å². The summed E-state index contributed by atoms with van der Waals surface area (Å²) in [5.74, 6) is 1.39. The topological polar surface area (TPSA) is 152 Å². The molecule has 0 radical (unpaired) electrons. The third kappa shape index (κ3) is 13.3. The molecule has 0 spiro atoms. The standard InChI is InChI=1S/C40H50Cl2N8O7/c1-48(40(52)47-39-37(41)32(53-2)25-33(54-3)38(39)42)35-26-34(44-28-45-35)46-30-9-11-31(12-10-30)50-17-15-49(16-18-50)27-36(51)43-14-20-56-22-24-57-23-21-55-19-13-29-7-5-4-6-8-29/h4-12,25-26,28H,13-24,27H2,1-3H3,(H,43,51)(H,47,52)(H,44,45,46). The lowest BCUT2D eigenvalue weighted by Gasteiger charge is -2.35. The zero-order valence-electron chi connectivity index (χ0n) is 32.5. The van der Waals surface area contributed by atoms with E-state index < -0.39 is 6.03 Å². The van der Waals surface area contributed by atoms with Gasteiger partial charge in [-0.3, -0.25) is 14.6 Å². The van der Waals surface area contributed by atoms with Gasteiger partial charge in [-0.2, -0.15) is 0 Å². The van der Waals surface area contributed by atoms with E-state index in [2.05, 4.69) is 47.9 Å². The first-order chi connectivity index (χ1) is 27.7. The molecular formula is C40H50Cl2N8O7. The molecule has 1 aliphatic rings. The fourth-order valence-corrected chi connectivity index (χ4v) is 6.45. The minimum atomic E-state index is -0.543. The quantitative estimate of drug-likeness (QED) is 0.0879. The highest BCUT2D eigenvalue weighted by Gasteiger charge is 2.22. The highest BCUT2D eigenvalue weighted by atomic mass is 35.5. The van der Waals surface area contributed by atoms with Crippen LogP contribution in [0.3, 0.4) is 0 Å². The number of halogens is 2. The van der Waals surface area contributed by atoms with Crippen LogP contribution in [-0.2, 0) is 25.4 Å². The van der Waals surface area contributed by atoms with E-state index in [0.717, 1.165) is 44.0 Å². The molecule has 3 aromatic carbocycles. The smallest absolute Gasteiger partial charge is 0.327 e. The van der Waals surface area contributed by atoms with Crippen molar-refractivity contribution >= 4 is 63.8 Å². The van der Waals surface area contributed by atoms with Gasteiger partial charge >= 0.3 is 6.03 Å². The van der Waals surface area contributed by atoms with Crippen molar-refractivity contribution in [3.05, 3.63) is 88.7 Å². The highest BCUT2D eigenvalue weighted by molar-refractivity contribution is 6.41. The molecule has 1 aromatic heterocycles. The Labute approximate surface area is 343 Å². The van der Waals surface area contributed by atoms with Crippen molar-refractivity contribution in [2.75, 3.05) is 121 Å². The second-order valence-electron chi connectivity index (χ2n) is 12.9. The molecule has 306 valence electrons. The molecule has 4 aromatic rings. The van der Waals surface area contributed by atoms with Gasteiger partial charge in [0.25, 0.3) is 0 Å². The van der Waals surface area contributed by atoms with Crippen LogP contribution in [0.15, 0.2) is 73.1 Å². The molecule has 0 bridgehead atoms. The molecule has 1 aliphatic heterocycles. The summed E-state index contributed by atoms with van der Waals surface area (Å²) in [6, 6.07) is 20.9. The van der Waals surface area contributed by atoms with Crippen molar-refractivity contribution < 1.29 is 33.3 Å². The van der Waals surface area contributed by atoms with Crippen molar-refractivity contribution in [3.8, 4) is 11.5 Å². The Morgan fingerprint density at radius 1 is 0.789 bits per heavy atom. The number of piperazine rings is 1. The number of nitrogens with zero attached hydrogens (tertiary/aromatic N) is 5. The summed E-state index contributed by atoms with van der Waals surface area (Å²) >= 11 is 12.9. The van der Waals surface area contributed by atoms with Crippen LogP contribution in [0.4, 0.5) is 33.5 Å². The molecule has 3 N–H and O–H groups in total. The molecule has 1 saturated heterocycles. The molecule has 15 nitrogen and oxygen atoms in total. The third-order valence-corrected chi connectivity index (χ3v) is 9.79. The van der Waals surface area contributed by atoms with Gasteiger partial charge in [-0.1, -0.05) is 53.5 Å². The maximum absolute atomic E-state index is 13.2. The summed E-state index contributed by atoms with van der Waals surface area (Å²) in [4.78, 5) is 40.0. The van der Waals surface area contributed by atoms with Gasteiger partial charge in [-0.25, -0.2) is 14.8 Å². The number of amides is 3. The Hall–Kier alpha value is -4.90. The normalized spacial score (nSPS) is 12.9. The van der Waals surface area contributed by atoms with E-state index in [1.54, 1.807) is 13.1 Å². The highest BCUT2D eigenvalue weighted by Crippen LogP contribution is 2.44. The number of nitrogens with one attached hydrogen (secondary N) is 3. The van der Waals surface area contributed by atoms with Crippen LogP contribution in [0.25, 0.3) is 0 Å². The van der Waals surface area contributed by atoms with Crippen molar-refractivity contribution in [2.45, 2.75) is 6.42 Å². The predicted molar refractivity (Wildman–Crippen MR) is 223 cm³/mol. The molecule has 2 heterocycles. The van der Waals surface area contributed by atoms with Crippen molar-refractivity contribution in [1.29, 1.82) is 0 Å². The minimum absolute atomic E-state index is 0.0163. The Balaban J connectivity index is 0.955. The second kappa shape index (κ2) is 22.7. The predicted octanol–water partition coefficient (Wildman–Crippen LogP) is 5.74. The summed E-state index contributed by atoms with van der Waals surface area (Å²) in [7, 11) is 4.46. The zero-order chi connectivity index (χ0) is 40.4. The van der Waals surface area contributed by atoms with Crippen LogP contribution in [0.1, 0.15) is 5.56 Å². The number of benzene rings is 3. The van der Waals surface area contributed by atoms with E-state index in [-0.39, 0.29) is 21.6 Å². The maximum atomic E-state index is 13.2. The van der Waals surface area contributed by atoms with Gasteiger partial charge in [0.05, 0.1) is 66.1 Å². The van der Waals surface area contributed by atoms with Gasteiger partial charge in [-0.15, -0.1) is 0 Å². The number of carbonyl (C=O) groups excluding carboxylic acids is 2. The van der Waals surface area contributed by atoms with Gasteiger partial charge < -0.3 is 44.5 Å². The van der Waals surface area contributed by atoms with Gasteiger partial charge in [-0.05, 0) is 36.2 Å². The fourth-order valence-electron chi connectivity index (χ4n) is 5.85. The molecule has 0 unspecified atom stereocenters. The number of anilines is 5. The average Bonchev–Trinajstić information content (AvgIpc) is 3.23. The van der Waals surface area contributed by atoms with E-state index in [0.29, 0.717) is 75.9 Å². The number of hydrogen-bond acceptors (Lipinski definition) is 12. The lowest BCUT2D eigenvalue weighted by atomic mass is 10.2. The van der Waals surface area contributed by atoms with Crippen LogP contribution in [0.5, 0.6) is 11.5 Å². The molecule has 57 heavy (non-hydrogen) atoms. The number of aromatic nitrogens is 2. The lowest BCUT2D eigenvalue weighted by molar-refractivity contribution is -0.122. The van der Waals surface area contributed by atoms with Gasteiger partial charge in [0.2, 0.25) is 5.91 Å². The average molecular weight is 826 g/mol. The summed E-state index contributed by atoms with van der Waals surface area (Å²) in [6.07, 6.45) is 2.25. The maximum Gasteiger partial charge on any atom is 0.327 e. The van der Waals surface area contributed by atoms with E-state index >= 15 is 0 Å². The first-order valence-electron chi connectivity index (χ1n) is 18.6. The van der Waals surface area contributed by atoms with E-state index in [1.807, 2.05) is 42.5 Å². The van der Waals surface area contributed by atoms with Gasteiger partial charge in [0, 0.05) is 63.3 Å². The summed E-state index contributed by atoms with van der Waals surface area (Å²) in [5, 5.41) is 9.18. The summed E-state index contributed by atoms with van der Waals surface area (Å²) < 4.78 is 27.3. The Bertz CT molecular complexity index is 1840. The SMILES string of the molecule is COc1cc(OC)c(Cl)c(NC(=O)N(C)c2cc(Nc3ccc(N4CCN(CC(=O)NCCOCCOCCOCCc5ccccc5)CC4)cc3)ncn2)c1Cl. The number of rotatable bonds is 21. The Kier molecular flexibility index (Phi) is 17.2. The molecule has 0 saturated carbocycles. The Morgan fingerprint density at radius 3 is 2.07 bits per heavy atom. The van der Waals surface area contributed by atoms with Crippen LogP contribution in [0.2, 0.25) is 10.0 Å². The number of urea groups is 1. The third-order valence-electron chi connectivity index (χ3n) is 9.04. The second-order valence-corrected chi connectivity index (χ2v) is 13.6. The van der Waals surface area contributed by atoms with Crippen LogP contribution < -0.4 is 35.2 Å². The summed E-state index contributed by atoms with van der Waals surface area (Å²) in [6.45, 7) is 7.06. The van der Waals surface area contributed by atoms with Crippen molar-refractivity contribution in [3.63, 3.8) is 0 Å². The molecular weight excluding hydrogens is 775 g/mol. The summed E-state index contributed by atoms with van der Waals surface area (Å²) in [5.41, 5.74) is 3.29. The Morgan fingerprint density at radius 2 is 1.42 bits per heavy atom. The van der Waals surface area contributed by atoms with E-state index in [1.165, 1.54) is 37.1 Å². The minimum Gasteiger partial charge on any atom is -0.495 e. The van der Waals surface area contributed by atoms with Crippen LogP contribution >= 0.6 is 23.2 Å². The lowest BCUT2D eigenvalue weighted by Crippen LogP contribution is -2.49. The molecule has 0 atom stereocenters. The van der Waals surface area contributed by atoms with Crippen molar-refractivity contribution in [1.82, 2.24) is 20.2 Å². The van der Waals surface area contributed by atoms with Gasteiger partial charge in [0.1, 0.15) is 39.5 Å².